The molecule has 0 amide bonds. The van der Waals surface area contributed by atoms with E-state index in [0.717, 1.165) is 43.0 Å². The molecule has 0 radical (unpaired) electrons. The third-order valence-electron chi connectivity index (χ3n) is 4.54. The van der Waals surface area contributed by atoms with Crippen LogP contribution in [0.3, 0.4) is 0 Å². The van der Waals surface area contributed by atoms with Gasteiger partial charge in [-0.15, -0.1) is 6.58 Å². The van der Waals surface area contributed by atoms with E-state index in [9.17, 15) is 5.11 Å². The summed E-state index contributed by atoms with van der Waals surface area (Å²) in [4.78, 5) is 2.27. The first-order valence-electron chi connectivity index (χ1n) is 9.09. The second-order valence-electron chi connectivity index (χ2n) is 6.86. The molecule has 0 unspecified atom stereocenters. The number of fused-ring (bicyclic) bond motifs is 1. The van der Waals surface area contributed by atoms with Gasteiger partial charge in [0.05, 0.1) is 6.10 Å². The fraction of sp³-hybridized carbons (Fsp3) is 0.364. The molecule has 0 bridgehead atoms. The molecule has 2 aromatic rings. The maximum absolute atomic E-state index is 10.4. The Bertz CT molecular complexity index is 727. The van der Waals surface area contributed by atoms with Crippen LogP contribution in [0.5, 0.6) is 11.5 Å². The number of hydrogen-bond acceptors (Lipinski definition) is 4. The van der Waals surface area contributed by atoms with Gasteiger partial charge in [0.2, 0.25) is 6.79 Å². The van der Waals surface area contributed by atoms with Crippen LogP contribution in [0.1, 0.15) is 29.5 Å². The van der Waals surface area contributed by atoms with Crippen molar-refractivity contribution >= 4 is 0 Å². The van der Waals surface area contributed by atoms with Gasteiger partial charge in [-0.3, -0.25) is 4.90 Å². The Hall–Kier alpha value is -2.30. The Kier molecular flexibility index (Phi) is 6.31. The molecule has 1 heterocycles. The van der Waals surface area contributed by atoms with E-state index in [2.05, 4.69) is 48.7 Å². The number of hydrogen-bond donors (Lipinski definition) is 1. The summed E-state index contributed by atoms with van der Waals surface area (Å²) >= 11 is 0. The molecule has 0 aliphatic carbocycles. The first kappa shape index (κ1) is 18.5. The van der Waals surface area contributed by atoms with Crippen molar-refractivity contribution in [3.63, 3.8) is 0 Å². The SMILES string of the molecule is C=CCC[C@H](O)CN(Cc1ccc(C)cc1)Cc1ccc2c(c1)OCO2. The number of ether oxygens (including phenoxy) is 2. The maximum Gasteiger partial charge on any atom is 0.231 e. The van der Waals surface area contributed by atoms with Crippen LogP contribution < -0.4 is 9.47 Å². The van der Waals surface area contributed by atoms with Crippen molar-refractivity contribution in [1.82, 2.24) is 4.90 Å². The number of benzene rings is 2. The van der Waals surface area contributed by atoms with Gasteiger partial charge < -0.3 is 14.6 Å². The predicted molar refractivity (Wildman–Crippen MR) is 103 cm³/mol. The summed E-state index contributed by atoms with van der Waals surface area (Å²) < 4.78 is 10.9. The average Bonchev–Trinajstić information content (AvgIpc) is 3.09. The summed E-state index contributed by atoms with van der Waals surface area (Å²) in [6, 6.07) is 14.6. The highest BCUT2D eigenvalue weighted by Crippen LogP contribution is 2.33. The summed E-state index contributed by atoms with van der Waals surface area (Å²) in [6.07, 6.45) is 3.04. The quantitative estimate of drug-likeness (QED) is 0.691. The van der Waals surface area contributed by atoms with Crippen LogP contribution in [0.25, 0.3) is 0 Å². The topological polar surface area (TPSA) is 41.9 Å². The largest absolute Gasteiger partial charge is 0.454 e. The molecule has 0 spiro atoms. The van der Waals surface area contributed by atoms with Crippen LogP contribution in [-0.4, -0.2) is 29.4 Å². The average molecular weight is 353 g/mol. The van der Waals surface area contributed by atoms with E-state index in [1.165, 1.54) is 11.1 Å². The first-order valence-corrected chi connectivity index (χ1v) is 9.09. The van der Waals surface area contributed by atoms with Crippen LogP contribution in [0.15, 0.2) is 55.1 Å². The monoisotopic (exact) mass is 353 g/mol. The Balaban J connectivity index is 1.70. The summed E-state index contributed by atoms with van der Waals surface area (Å²) in [5.74, 6) is 1.59. The molecule has 1 aliphatic rings. The van der Waals surface area contributed by atoms with Crippen LogP contribution >= 0.6 is 0 Å². The zero-order chi connectivity index (χ0) is 18.4. The minimum Gasteiger partial charge on any atom is -0.454 e. The Morgan fingerprint density at radius 3 is 2.54 bits per heavy atom. The van der Waals surface area contributed by atoms with Gasteiger partial charge in [0.25, 0.3) is 0 Å². The summed E-state index contributed by atoms with van der Waals surface area (Å²) in [7, 11) is 0. The van der Waals surface area contributed by atoms with Crippen molar-refractivity contribution in [3.05, 3.63) is 71.8 Å². The van der Waals surface area contributed by atoms with Gasteiger partial charge in [-0.1, -0.05) is 42.0 Å². The van der Waals surface area contributed by atoms with E-state index in [1.54, 1.807) is 0 Å². The van der Waals surface area contributed by atoms with Crippen LogP contribution in [-0.2, 0) is 13.1 Å². The van der Waals surface area contributed by atoms with Gasteiger partial charge in [0.1, 0.15) is 0 Å². The lowest BCUT2D eigenvalue weighted by Crippen LogP contribution is -2.31. The van der Waals surface area contributed by atoms with Crippen LogP contribution in [0.2, 0.25) is 0 Å². The number of rotatable bonds is 9. The van der Waals surface area contributed by atoms with E-state index in [4.69, 9.17) is 9.47 Å². The van der Waals surface area contributed by atoms with Crippen molar-refractivity contribution < 1.29 is 14.6 Å². The smallest absolute Gasteiger partial charge is 0.231 e. The number of allylic oxidation sites excluding steroid dienone is 1. The Morgan fingerprint density at radius 1 is 1.08 bits per heavy atom. The highest BCUT2D eigenvalue weighted by atomic mass is 16.7. The molecule has 1 N–H and O–H groups in total. The lowest BCUT2D eigenvalue weighted by Gasteiger charge is -2.25. The number of aryl methyl sites for hydroxylation is 1. The minimum atomic E-state index is -0.368. The first-order chi connectivity index (χ1) is 12.6. The molecule has 1 aliphatic heterocycles. The maximum atomic E-state index is 10.4. The molecular weight excluding hydrogens is 326 g/mol. The fourth-order valence-corrected chi connectivity index (χ4v) is 3.13. The second kappa shape index (κ2) is 8.88. The predicted octanol–water partition coefficient (Wildman–Crippen LogP) is 4.05. The van der Waals surface area contributed by atoms with Crippen LogP contribution in [0.4, 0.5) is 0 Å². The van der Waals surface area contributed by atoms with Gasteiger partial charge in [0, 0.05) is 19.6 Å². The second-order valence-corrected chi connectivity index (χ2v) is 6.86. The molecule has 0 saturated carbocycles. The van der Waals surface area contributed by atoms with E-state index < -0.39 is 0 Å². The van der Waals surface area contributed by atoms with Crippen LogP contribution in [0, 0.1) is 6.92 Å². The van der Waals surface area contributed by atoms with E-state index in [-0.39, 0.29) is 12.9 Å². The summed E-state index contributed by atoms with van der Waals surface area (Å²) in [5, 5.41) is 10.4. The zero-order valence-corrected chi connectivity index (χ0v) is 15.4. The summed E-state index contributed by atoms with van der Waals surface area (Å²) in [5.41, 5.74) is 3.65. The Labute approximate surface area is 155 Å². The summed E-state index contributed by atoms with van der Waals surface area (Å²) in [6.45, 7) is 8.27. The molecule has 4 heteroatoms. The number of aliphatic hydroxyl groups excluding tert-OH is 1. The van der Waals surface area contributed by atoms with E-state index in [0.29, 0.717) is 6.54 Å². The number of nitrogens with zero attached hydrogens (tertiary/aromatic N) is 1. The lowest BCUT2D eigenvalue weighted by molar-refractivity contribution is 0.0984. The van der Waals surface area contributed by atoms with Gasteiger partial charge in [0.15, 0.2) is 11.5 Å². The Morgan fingerprint density at radius 2 is 1.77 bits per heavy atom. The van der Waals surface area contributed by atoms with Crippen molar-refractivity contribution in [3.8, 4) is 11.5 Å². The molecule has 4 nitrogen and oxygen atoms in total. The highest BCUT2D eigenvalue weighted by Gasteiger charge is 2.16. The molecule has 2 aromatic carbocycles. The normalized spacial score (nSPS) is 13.8. The van der Waals surface area contributed by atoms with Gasteiger partial charge in [-0.05, 0) is 43.0 Å². The molecule has 26 heavy (non-hydrogen) atoms. The fourth-order valence-electron chi connectivity index (χ4n) is 3.13. The van der Waals surface area contributed by atoms with Gasteiger partial charge >= 0.3 is 0 Å². The standard InChI is InChI=1S/C22H27NO3/c1-3-4-5-20(24)15-23(13-18-8-6-17(2)7-9-18)14-19-10-11-21-22(12-19)26-16-25-21/h3,6-12,20,24H,1,4-5,13-16H2,2H3/t20-/m0/s1. The number of aliphatic hydroxyl groups is 1. The lowest BCUT2D eigenvalue weighted by atomic mass is 10.1. The highest BCUT2D eigenvalue weighted by molar-refractivity contribution is 5.44. The molecule has 0 fully saturated rings. The molecule has 0 aromatic heterocycles. The van der Waals surface area contributed by atoms with Crippen molar-refractivity contribution in [1.29, 1.82) is 0 Å². The van der Waals surface area contributed by atoms with Crippen molar-refractivity contribution in [2.45, 2.75) is 39.0 Å². The van der Waals surface area contributed by atoms with Gasteiger partial charge in [-0.2, -0.15) is 0 Å². The van der Waals surface area contributed by atoms with Gasteiger partial charge in [-0.25, -0.2) is 0 Å². The third kappa shape index (κ3) is 5.10. The van der Waals surface area contributed by atoms with Crippen molar-refractivity contribution in [2.24, 2.45) is 0 Å². The molecule has 138 valence electrons. The molecule has 1 atom stereocenters. The van der Waals surface area contributed by atoms with E-state index >= 15 is 0 Å². The zero-order valence-electron chi connectivity index (χ0n) is 15.4. The minimum absolute atomic E-state index is 0.284. The third-order valence-corrected chi connectivity index (χ3v) is 4.54. The molecular formula is C22H27NO3. The molecule has 0 saturated heterocycles. The van der Waals surface area contributed by atoms with Crippen molar-refractivity contribution in [2.75, 3.05) is 13.3 Å². The van der Waals surface area contributed by atoms with E-state index in [1.807, 2.05) is 18.2 Å². The molecule has 3 rings (SSSR count).